The molecule has 0 aliphatic heterocycles. The number of hydrogen-bond acceptors (Lipinski definition) is 2. The van der Waals surface area contributed by atoms with E-state index in [1.165, 1.54) is 4.90 Å². The molecule has 2 amide bonds. The monoisotopic (exact) mass is 244 g/mol. The maximum absolute atomic E-state index is 11.7. The first-order valence-electron chi connectivity index (χ1n) is 6.22. The molecule has 0 unspecified atom stereocenters. The molecule has 0 saturated heterocycles. The van der Waals surface area contributed by atoms with E-state index in [0.29, 0.717) is 13.1 Å². The second kappa shape index (κ2) is 8.84. The van der Waals surface area contributed by atoms with Crippen LogP contribution in [0.1, 0.15) is 40.0 Å². The topological polar surface area (TPSA) is 69.6 Å². The van der Waals surface area contributed by atoms with Gasteiger partial charge >= 0.3 is 12.0 Å². The Hall–Kier alpha value is -1.26. The molecule has 0 heterocycles. The van der Waals surface area contributed by atoms with Crippen LogP contribution in [-0.2, 0) is 4.79 Å². The number of nitrogens with one attached hydrogen (secondary N) is 1. The summed E-state index contributed by atoms with van der Waals surface area (Å²) < 4.78 is 0. The third-order valence-corrected chi connectivity index (χ3v) is 2.26. The van der Waals surface area contributed by atoms with Crippen molar-refractivity contribution in [3.63, 3.8) is 0 Å². The van der Waals surface area contributed by atoms with Gasteiger partial charge in [0.1, 0.15) is 6.54 Å². The molecule has 5 heteroatoms. The molecule has 100 valence electrons. The number of unbranched alkanes of at least 4 members (excludes halogenated alkanes) is 2. The van der Waals surface area contributed by atoms with Crippen LogP contribution in [0.3, 0.4) is 0 Å². The van der Waals surface area contributed by atoms with Gasteiger partial charge in [-0.25, -0.2) is 4.79 Å². The summed E-state index contributed by atoms with van der Waals surface area (Å²) >= 11 is 0. The molecule has 0 aromatic carbocycles. The molecule has 0 aromatic rings. The molecule has 17 heavy (non-hydrogen) atoms. The van der Waals surface area contributed by atoms with Gasteiger partial charge < -0.3 is 15.3 Å². The quantitative estimate of drug-likeness (QED) is 0.641. The minimum atomic E-state index is -0.977. The lowest BCUT2D eigenvalue weighted by Gasteiger charge is -2.23. The van der Waals surface area contributed by atoms with E-state index in [1.54, 1.807) is 0 Å². The lowest BCUT2D eigenvalue weighted by molar-refractivity contribution is -0.137. The molecule has 0 spiro atoms. The second-order valence-electron chi connectivity index (χ2n) is 4.61. The largest absolute Gasteiger partial charge is 0.480 e. The molecule has 0 aromatic heterocycles. The van der Waals surface area contributed by atoms with Gasteiger partial charge in [0.25, 0.3) is 0 Å². The van der Waals surface area contributed by atoms with Crippen LogP contribution in [0.25, 0.3) is 0 Å². The predicted octanol–water partition coefficient (Wildman–Crippen LogP) is 1.93. The fraction of sp³-hybridized carbons (Fsp3) is 0.833. The number of nitrogens with zero attached hydrogens (tertiary/aromatic N) is 1. The maximum Gasteiger partial charge on any atom is 0.323 e. The number of rotatable bonds is 8. The average molecular weight is 244 g/mol. The lowest BCUT2D eigenvalue weighted by atomic mass is 10.2. The Morgan fingerprint density at radius 2 is 1.94 bits per heavy atom. The summed E-state index contributed by atoms with van der Waals surface area (Å²) in [6.07, 6.45) is 3.11. The Morgan fingerprint density at radius 3 is 2.41 bits per heavy atom. The van der Waals surface area contributed by atoms with Crippen molar-refractivity contribution in [3.8, 4) is 0 Å². The van der Waals surface area contributed by atoms with E-state index < -0.39 is 5.97 Å². The molecule has 5 nitrogen and oxygen atoms in total. The van der Waals surface area contributed by atoms with Crippen LogP contribution in [0.4, 0.5) is 4.79 Å². The van der Waals surface area contributed by atoms with Crippen molar-refractivity contribution in [2.75, 3.05) is 19.6 Å². The van der Waals surface area contributed by atoms with Crippen molar-refractivity contribution in [1.82, 2.24) is 10.2 Å². The molecular formula is C12H24N2O3. The van der Waals surface area contributed by atoms with Gasteiger partial charge in [0, 0.05) is 13.1 Å². The normalized spacial score (nSPS) is 10.4. The number of hydrogen-bond donors (Lipinski definition) is 2. The van der Waals surface area contributed by atoms with Crippen molar-refractivity contribution >= 4 is 12.0 Å². The number of amides is 2. The van der Waals surface area contributed by atoms with Crippen LogP contribution in [0.5, 0.6) is 0 Å². The average Bonchev–Trinajstić information content (AvgIpc) is 2.22. The van der Waals surface area contributed by atoms with E-state index in [9.17, 15) is 9.59 Å². The number of urea groups is 1. The number of carboxylic acid groups (broad SMARTS) is 1. The van der Waals surface area contributed by atoms with Crippen LogP contribution in [0, 0.1) is 5.92 Å². The number of carbonyl (C=O) groups is 2. The Balaban J connectivity index is 4.08. The van der Waals surface area contributed by atoms with Gasteiger partial charge in [0.2, 0.25) is 0 Å². The van der Waals surface area contributed by atoms with Gasteiger partial charge in [0.15, 0.2) is 0 Å². The van der Waals surface area contributed by atoms with Crippen molar-refractivity contribution in [3.05, 3.63) is 0 Å². The summed E-state index contributed by atoms with van der Waals surface area (Å²) in [5, 5.41) is 11.5. The SMILES string of the molecule is CCCCCNC(=O)N(CC(=O)O)CC(C)C. The highest BCUT2D eigenvalue weighted by Crippen LogP contribution is 2.00. The summed E-state index contributed by atoms with van der Waals surface area (Å²) in [7, 11) is 0. The highest BCUT2D eigenvalue weighted by Gasteiger charge is 2.17. The number of carboxylic acids is 1. The molecule has 0 fully saturated rings. The van der Waals surface area contributed by atoms with E-state index in [1.807, 2.05) is 13.8 Å². The highest BCUT2D eigenvalue weighted by atomic mass is 16.4. The zero-order chi connectivity index (χ0) is 13.3. The molecule has 0 saturated carbocycles. The Labute approximate surface area is 103 Å². The molecular weight excluding hydrogens is 220 g/mol. The Morgan fingerprint density at radius 1 is 1.29 bits per heavy atom. The van der Waals surface area contributed by atoms with Crippen LogP contribution < -0.4 is 5.32 Å². The minimum Gasteiger partial charge on any atom is -0.480 e. The summed E-state index contributed by atoms with van der Waals surface area (Å²) in [5.41, 5.74) is 0. The number of aliphatic carboxylic acids is 1. The van der Waals surface area contributed by atoms with E-state index in [0.717, 1.165) is 19.3 Å². The van der Waals surface area contributed by atoms with Gasteiger partial charge in [-0.3, -0.25) is 4.79 Å². The van der Waals surface area contributed by atoms with Crippen molar-refractivity contribution in [2.24, 2.45) is 5.92 Å². The first-order chi connectivity index (χ1) is 7.97. The van der Waals surface area contributed by atoms with Gasteiger partial charge in [-0.2, -0.15) is 0 Å². The molecule has 0 rings (SSSR count). The Bertz CT molecular complexity index is 242. The van der Waals surface area contributed by atoms with E-state index in [-0.39, 0.29) is 18.5 Å². The molecule has 0 atom stereocenters. The smallest absolute Gasteiger partial charge is 0.323 e. The molecule has 0 aliphatic carbocycles. The van der Waals surface area contributed by atoms with Crippen LogP contribution in [0.2, 0.25) is 0 Å². The molecule has 2 N–H and O–H groups in total. The lowest BCUT2D eigenvalue weighted by Crippen LogP contribution is -2.44. The van der Waals surface area contributed by atoms with E-state index >= 15 is 0 Å². The van der Waals surface area contributed by atoms with E-state index in [4.69, 9.17) is 5.11 Å². The Kier molecular flexibility index (Phi) is 8.19. The second-order valence-corrected chi connectivity index (χ2v) is 4.61. The third-order valence-electron chi connectivity index (χ3n) is 2.26. The molecule has 0 aliphatic rings. The molecule has 0 bridgehead atoms. The van der Waals surface area contributed by atoms with E-state index in [2.05, 4.69) is 12.2 Å². The van der Waals surface area contributed by atoms with Crippen molar-refractivity contribution < 1.29 is 14.7 Å². The summed E-state index contributed by atoms with van der Waals surface area (Å²) in [6, 6.07) is -0.280. The number of carbonyl (C=O) groups excluding carboxylic acids is 1. The fourth-order valence-electron chi connectivity index (χ4n) is 1.51. The summed E-state index contributed by atoms with van der Waals surface area (Å²) in [4.78, 5) is 23.7. The summed E-state index contributed by atoms with van der Waals surface area (Å²) in [6.45, 7) is 6.85. The van der Waals surface area contributed by atoms with Crippen LogP contribution >= 0.6 is 0 Å². The zero-order valence-corrected chi connectivity index (χ0v) is 11.0. The highest BCUT2D eigenvalue weighted by molar-refractivity contribution is 5.80. The predicted molar refractivity (Wildman–Crippen MR) is 67.0 cm³/mol. The standard InChI is InChI=1S/C12H24N2O3/c1-4-5-6-7-13-12(17)14(8-10(2)3)9-11(15)16/h10H,4-9H2,1-3H3,(H,13,17)(H,15,16). The van der Waals surface area contributed by atoms with Crippen LogP contribution in [0.15, 0.2) is 0 Å². The van der Waals surface area contributed by atoms with Gasteiger partial charge in [0.05, 0.1) is 0 Å². The van der Waals surface area contributed by atoms with Gasteiger partial charge in [-0.15, -0.1) is 0 Å². The molecule has 0 radical (unpaired) electrons. The summed E-state index contributed by atoms with van der Waals surface area (Å²) in [5.74, 6) is -0.717. The first-order valence-corrected chi connectivity index (χ1v) is 6.22. The van der Waals surface area contributed by atoms with Gasteiger partial charge in [-0.05, 0) is 12.3 Å². The van der Waals surface area contributed by atoms with Crippen molar-refractivity contribution in [2.45, 2.75) is 40.0 Å². The minimum absolute atomic E-state index is 0.238. The third kappa shape index (κ3) is 8.54. The van der Waals surface area contributed by atoms with Crippen molar-refractivity contribution in [1.29, 1.82) is 0 Å². The van der Waals surface area contributed by atoms with Gasteiger partial charge in [-0.1, -0.05) is 33.6 Å². The fourth-order valence-corrected chi connectivity index (χ4v) is 1.51. The van der Waals surface area contributed by atoms with Crippen LogP contribution in [-0.4, -0.2) is 41.6 Å². The zero-order valence-electron chi connectivity index (χ0n) is 11.0. The first kappa shape index (κ1) is 15.7. The maximum atomic E-state index is 11.7.